The van der Waals surface area contributed by atoms with Crippen molar-refractivity contribution in [2.75, 3.05) is 7.05 Å². The van der Waals surface area contributed by atoms with E-state index in [0.717, 1.165) is 0 Å². The molecule has 1 rings (SSSR count). The van der Waals surface area contributed by atoms with Crippen LogP contribution in [-0.2, 0) is 15.8 Å². The van der Waals surface area contributed by atoms with Gasteiger partial charge in [-0.05, 0) is 27.0 Å². The lowest BCUT2D eigenvalue weighted by Crippen LogP contribution is -2.22. The summed E-state index contributed by atoms with van der Waals surface area (Å²) in [5.74, 6) is -0.0261. The largest absolute Gasteiger partial charge is 0.266 e. The van der Waals surface area contributed by atoms with Crippen LogP contribution >= 0.6 is 0 Å². The van der Waals surface area contributed by atoms with Crippen LogP contribution < -0.4 is 4.72 Å². The number of nitrogens with zero attached hydrogens (tertiary/aromatic N) is 2. The Morgan fingerprint density at radius 1 is 1.57 bits per heavy atom. The zero-order valence-electron chi connectivity index (χ0n) is 8.56. The molecule has 0 amide bonds. The van der Waals surface area contributed by atoms with E-state index < -0.39 is 10.0 Å². The Bertz CT molecular complexity index is 394. The van der Waals surface area contributed by atoms with Gasteiger partial charge < -0.3 is 0 Å². The van der Waals surface area contributed by atoms with E-state index >= 15 is 0 Å². The Labute approximate surface area is 84.2 Å². The molecule has 0 bridgehead atoms. The molecule has 0 aliphatic heterocycles. The van der Waals surface area contributed by atoms with Crippen molar-refractivity contribution < 1.29 is 8.42 Å². The van der Waals surface area contributed by atoms with E-state index in [1.165, 1.54) is 7.05 Å². The van der Waals surface area contributed by atoms with Crippen molar-refractivity contribution in [2.45, 2.75) is 25.6 Å². The van der Waals surface area contributed by atoms with Gasteiger partial charge in [0.1, 0.15) is 5.75 Å². The highest BCUT2D eigenvalue weighted by Crippen LogP contribution is 2.10. The smallest absolute Gasteiger partial charge is 0.217 e. The number of aromatic nitrogens is 2. The minimum atomic E-state index is -3.21. The predicted octanol–water partition coefficient (Wildman–Crippen LogP) is 0.513. The quantitative estimate of drug-likeness (QED) is 0.799. The Balaban J connectivity index is 2.93. The summed E-state index contributed by atoms with van der Waals surface area (Å²) >= 11 is 0. The van der Waals surface area contributed by atoms with Crippen molar-refractivity contribution in [2.24, 2.45) is 0 Å². The number of hydrogen-bond donors (Lipinski definition) is 1. The van der Waals surface area contributed by atoms with Gasteiger partial charge in [-0.3, -0.25) is 4.68 Å². The molecule has 0 fully saturated rings. The molecule has 1 aromatic rings. The monoisotopic (exact) mass is 217 g/mol. The van der Waals surface area contributed by atoms with Crippen LogP contribution in [0.2, 0.25) is 0 Å². The Morgan fingerprint density at radius 3 is 2.71 bits per heavy atom. The van der Waals surface area contributed by atoms with E-state index in [0.29, 0.717) is 5.69 Å². The SMILES string of the molecule is CNS(=O)(=O)Cc1ccnn1C(C)C. The van der Waals surface area contributed by atoms with E-state index in [1.807, 2.05) is 13.8 Å². The highest BCUT2D eigenvalue weighted by molar-refractivity contribution is 7.88. The summed E-state index contributed by atoms with van der Waals surface area (Å²) in [6.07, 6.45) is 1.61. The highest BCUT2D eigenvalue weighted by Gasteiger charge is 2.13. The zero-order valence-corrected chi connectivity index (χ0v) is 9.37. The molecule has 5 nitrogen and oxygen atoms in total. The van der Waals surface area contributed by atoms with Gasteiger partial charge in [0, 0.05) is 12.2 Å². The lowest BCUT2D eigenvalue weighted by Gasteiger charge is -2.10. The average Bonchev–Trinajstić information content (AvgIpc) is 2.51. The molecule has 0 aromatic carbocycles. The third-order valence-corrected chi connectivity index (χ3v) is 3.19. The Morgan fingerprint density at radius 2 is 2.21 bits per heavy atom. The normalized spacial score (nSPS) is 12.3. The standard InChI is InChI=1S/C8H15N3O2S/c1-7(2)11-8(4-5-10-11)6-14(12,13)9-3/h4-5,7,9H,6H2,1-3H3. The maximum atomic E-state index is 11.3. The first kappa shape index (κ1) is 11.2. The van der Waals surface area contributed by atoms with Crippen LogP contribution in [0.25, 0.3) is 0 Å². The maximum absolute atomic E-state index is 11.3. The van der Waals surface area contributed by atoms with Crippen molar-refractivity contribution in [1.82, 2.24) is 14.5 Å². The molecule has 6 heteroatoms. The first-order valence-electron chi connectivity index (χ1n) is 4.40. The van der Waals surface area contributed by atoms with Crippen LogP contribution in [0.15, 0.2) is 12.3 Å². The van der Waals surface area contributed by atoms with Crippen LogP contribution in [0.1, 0.15) is 25.6 Å². The molecule has 0 aliphatic rings. The van der Waals surface area contributed by atoms with E-state index in [1.54, 1.807) is 16.9 Å². The molecule has 0 aliphatic carbocycles. The first-order valence-corrected chi connectivity index (χ1v) is 6.05. The zero-order chi connectivity index (χ0) is 10.8. The van der Waals surface area contributed by atoms with Gasteiger partial charge in [-0.25, -0.2) is 13.1 Å². The van der Waals surface area contributed by atoms with Crippen molar-refractivity contribution in [1.29, 1.82) is 0 Å². The van der Waals surface area contributed by atoms with Crippen molar-refractivity contribution >= 4 is 10.0 Å². The molecule has 1 aromatic heterocycles. The Kier molecular flexibility index (Phi) is 3.28. The van der Waals surface area contributed by atoms with Crippen LogP contribution in [0, 0.1) is 0 Å². The number of sulfonamides is 1. The lowest BCUT2D eigenvalue weighted by atomic mass is 10.4. The van der Waals surface area contributed by atoms with Crippen molar-refractivity contribution in [3.63, 3.8) is 0 Å². The summed E-state index contributed by atoms with van der Waals surface area (Å²) in [4.78, 5) is 0. The summed E-state index contributed by atoms with van der Waals surface area (Å²) in [6.45, 7) is 3.92. The molecule has 0 radical (unpaired) electrons. The average molecular weight is 217 g/mol. The van der Waals surface area contributed by atoms with Gasteiger partial charge in [-0.15, -0.1) is 0 Å². The summed E-state index contributed by atoms with van der Waals surface area (Å²) < 4.78 is 26.6. The van der Waals surface area contributed by atoms with Gasteiger partial charge >= 0.3 is 0 Å². The second kappa shape index (κ2) is 4.10. The van der Waals surface area contributed by atoms with Gasteiger partial charge in [-0.2, -0.15) is 5.10 Å². The topological polar surface area (TPSA) is 64.0 Å². The fourth-order valence-corrected chi connectivity index (χ4v) is 1.95. The minimum Gasteiger partial charge on any atom is -0.266 e. The van der Waals surface area contributed by atoms with Gasteiger partial charge in [0.15, 0.2) is 0 Å². The third kappa shape index (κ3) is 2.55. The molecule has 1 N–H and O–H groups in total. The molecule has 0 saturated carbocycles. The van der Waals surface area contributed by atoms with E-state index in [9.17, 15) is 8.42 Å². The number of nitrogens with one attached hydrogen (secondary N) is 1. The molecule has 0 spiro atoms. The second-order valence-corrected chi connectivity index (χ2v) is 5.25. The predicted molar refractivity (Wildman–Crippen MR) is 54.3 cm³/mol. The van der Waals surface area contributed by atoms with Gasteiger partial charge in [0.05, 0.1) is 5.69 Å². The van der Waals surface area contributed by atoms with Crippen molar-refractivity contribution in [3.05, 3.63) is 18.0 Å². The highest BCUT2D eigenvalue weighted by atomic mass is 32.2. The van der Waals surface area contributed by atoms with Crippen LogP contribution in [0.3, 0.4) is 0 Å². The lowest BCUT2D eigenvalue weighted by molar-refractivity contribution is 0.513. The summed E-state index contributed by atoms with van der Waals surface area (Å²) in [5, 5.41) is 4.06. The van der Waals surface area contributed by atoms with Crippen LogP contribution in [0.5, 0.6) is 0 Å². The molecule has 80 valence electrons. The fraction of sp³-hybridized carbons (Fsp3) is 0.625. The molecule has 0 saturated heterocycles. The van der Waals surface area contributed by atoms with Crippen molar-refractivity contribution in [3.8, 4) is 0 Å². The van der Waals surface area contributed by atoms with Gasteiger partial charge in [0.2, 0.25) is 10.0 Å². The van der Waals surface area contributed by atoms with Crippen LogP contribution in [0.4, 0.5) is 0 Å². The fourth-order valence-electron chi connectivity index (χ4n) is 1.19. The molecular formula is C8H15N3O2S. The summed E-state index contributed by atoms with van der Waals surface area (Å²) in [5.41, 5.74) is 0.703. The first-order chi connectivity index (χ1) is 6.46. The molecule has 1 heterocycles. The van der Waals surface area contributed by atoms with Gasteiger partial charge in [0.25, 0.3) is 0 Å². The number of rotatable bonds is 4. The van der Waals surface area contributed by atoms with E-state index in [-0.39, 0.29) is 11.8 Å². The van der Waals surface area contributed by atoms with Crippen LogP contribution in [-0.4, -0.2) is 25.2 Å². The molecule has 0 unspecified atom stereocenters. The van der Waals surface area contributed by atoms with E-state index in [4.69, 9.17) is 0 Å². The van der Waals surface area contributed by atoms with E-state index in [2.05, 4.69) is 9.82 Å². The second-order valence-electron chi connectivity index (χ2n) is 3.32. The molecule has 14 heavy (non-hydrogen) atoms. The Hall–Kier alpha value is -0.880. The summed E-state index contributed by atoms with van der Waals surface area (Å²) in [7, 11) is -1.80. The van der Waals surface area contributed by atoms with Gasteiger partial charge in [-0.1, -0.05) is 0 Å². The number of hydrogen-bond acceptors (Lipinski definition) is 3. The maximum Gasteiger partial charge on any atom is 0.217 e. The molecule has 0 atom stereocenters. The minimum absolute atomic E-state index is 0.0261. The summed E-state index contributed by atoms with van der Waals surface area (Å²) in [6, 6.07) is 1.89. The third-order valence-electron chi connectivity index (χ3n) is 1.89. The molecular weight excluding hydrogens is 202 g/mol.